The van der Waals surface area contributed by atoms with E-state index in [-0.39, 0.29) is 12.0 Å². The number of anilines is 2. The summed E-state index contributed by atoms with van der Waals surface area (Å²) in [5, 5.41) is 6.04. The molecule has 0 spiro atoms. The van der Waals surface area contributed by atoms with Gasteiger partial charge in [0.15, 0.2) is 0 Å². The van der Waals surface area contributed by atoms with Crippen molar-refractivity contribution in [3.05, 3.63) is 97.8 Å². The third-order valence-electron chi connectivity index (χ3n) is 7.28. The molecule has 0 saturated carbocycles. The number of carbonyl (C=O) groups excluding carboxylic acids is 2. The molecule has 0 radical (unpaired) electrons. The normalized spacial score (nSPS) is 14.7. The lowest BCUT2D eigenvalue weighted by atomic mass is 9.82. The Morgan fingerprint density at radius 2 is 1.88 bits per heavy atom. The monoisotopic (exact) mass is 645 g/mol. The van der Waals surface area contributed by atoms with Gasteiger partial charge in [0.1, 0.15) is 20.3 Å². The number of aromatic nitrogens is 1. The summed E-state index contributed by atoms with van der Waals surface area (Å²) in [6, 6.07) is 20.3. The summed E-state index contributed by atoms with van der Waals surface area (Å²) in [4.78, 5) is 32.8. The first-order valence-corrected chi connectivity index (χ1v) is 15.9. The van der Waals surface area contributed by atoms with Gasteiger partial charge in [-0.1, -0.05) is 58.4 Å². The molecule has 41 heavy (non-hydrogen) atoms. The Balaban J connectivity index is 1.31. The van der Waals surface area contributed by atoms with Gasteiger partial charge in [-0.15, -0.1) is 22.7 Å². The number of thiophene rings is 2. The van der Waals surface area contributed by atoms with E-state index in [1.807, 2.05) is 35.7 Å². The summed E-state index contributed by atoms with van der Waals surface area (Å²) in [7, 11) is 0. The molecule has 0 fully saturated rings. The predicted octanol–water partition coefficient (Wildman–Crippen LogP) is 8.46. The molecule has 2 aromatic carbocycles. The molecule has 3 N–H and O–H groups in total. The molecule has 1 unspecified atom stereocenters. The summed E-state index contributed by atoms with van der Waals surface area (Å²) in [5.74, 6) is -0.414. The van der Waals surface area contributed by atoms with Crippen molar-refractivity contribution in [2.75, 3.05) is 11.1 Å². The Kier molecular flexibility index (Phi) is 7.68. The molecule has 1 amide bonds. The van der Waals surface area contributed by atoms with Crippen LogP contribution in [0.25, 0.3) is 21.3 Å². The number of hydrogen-bond acceptors (Lipinski definition) is 7. The average molecular weight is 647 g/mol. The Labute approximate surface area is 254 Å². The van der Waals surface area contributed by atoms with Gasteiger partial charge < -0.3 is 15.8 Å². The largest absolute Gasteiger partial charge is 0.459 e. The van der Waals surface area contributed by atoms with Crippen LogP contribution in [-0.4, -0.2) is 23.0 Å². The van der Waals surface area contributed by atoms with Crippen LogP contribution in [0.15, 0.2) is 70.5 Å². The van der Waals surface area contributed by atoms with Crippen molar-refractivity contribution in [3.63, 3.8) is 0 Å². The van der Waals surface area contributed by atoms with Crippen molar-refractivity contribution in [1.29, 1.82) is 0 Å². The molecule has 3 aromatic heterocycles. The molecular formula is C32H28BrN3O3S2. The number of hydrogen-bond donors (Lipinski definition) is 2. The highest BCUT2D eigenvalue weighted by Crippen LogP contribution is 2.41. The molecule has 1 atom stereocenters. The summed E-state index contributed by atoms with van der Waals surface area (Å²) < 4.78 is 6.49. The van der Waals surface area contributed by atoms with Crippen molar-refractivity contribution in [3.8, 4) is 11.1 Å². The molecule has 9 heteroatoms. The number of rotatable bonds is 6. The molecule has 208 valence electrons. The number of carbonyl (C=O) groups is 2. The van der Waals surface area contributed by atoms with Crippen LogP contribution in [0.4, 0.5) is 10.7 Å². The van der Waals surface area contributed by atoms with Crippen LogP contribution >= 0.6 is 38.6 Å². The maximum Gasteiger partial charge on any atom is 0.342 e. The zero-order valence-corrected chi connectivity index (χ0v) is 25.8. The Morgan fingerprint density at radius 1 is 1.12 bits per heavy atom. The van der Waals surface area contributed by atoms with Crippen LogP contribution in [0, 0.1) is 0 Å². The van der Waals surface area contributed by atoms with Gasteiger partial charge in [0.25, 0.3) is 5.91 Å². The van der Waals surface area contributed by atoms with Gasteiger partial charge >= 0.3 is 5.97 Å². The van der Waals surface area contributed by atoms with Crippen LogP contribution in [0.2, 0.25) is 0 Å². The molecule has 1 aliphatic rings. The van der Waals surface area contributed by atoms with Crippen molar-refractivity contribution in [2.24, 2.45) is 0 Å². The fourth-order valence-corrected chi connectivity index (χ4v) is 7.50. The van der Waals surface area contributed by atoms with E-state index in [0.717, 1.165) is 45.2 Å². The number of halogens is 1. The molecule has 0 bridgehead atoms. The van der Waals surface area contributed by atoms with Crippen LogP contribution in [-0.2, 0) is 17.6 Å². The standard InChI is InChI=1S/C32H28BrN3O3S2/c1-17(2)39-32(38)26-24(19-8-11-22(33)12-9-19)16-40-31(26)36-29(37)28-27(34)23-15-21-14-20(18-6-4-3-5-7-18)10-13-25(21)35-30(23)41-28/h3-9,11-12,15-17,20H,10,13-14,34H2,1-2H3,(H,36,37). The molecule has 6 nitrogen and oxygen atoms in total. The van der Waals surface area contributed by atoms with Crippen molar-refractivity contribution in [1.82, 2.24) is 4.98 Å². The van der Waals surface area contributed by atoms with E-state index < -0.39 is 5.97 Å². The number of nitrogens with two attached hydrogens (primary N) is 1. The summed E-state index contributed by atoms with van der Waals surface area (Å²) in [6.07, 6.45) is 2.52. The van der Waals surface area contributed by atoms with E-state index in [4.69, 9.17) is 15.5 Å². The number of nitrogen functional groups attached to an aromatic ring is 1. The van der Waals surface area contributed by atoms with Gasteiger partial charge in [-0.05, 0) is 73.9 Å². The van der Waals surface area contributed by atoms with Crippen LogP contribution in [0.1, 0.15) is 63.0 Å². The first-order valence-electron chi connectivity index (χ1n) is 13.4. The van der Waals surface area contributed by atoms with E-state index in [0.29, 0.717) is 32.6 Å². The maximum atomic E-state index is 13.6. The third-order valence-corrected chi connectivity index (χ3v) is 9.82. The quantitative estimate of drug-likeness (QED) is 0.181. The minimum absolute atomic E-state index is 0.305. The highest BCUT2D eigenvalue weighted by Gasteiger charge is 2.27. The van der Waals surface area contributed by atoms with E-state index in [2.05, 4.69) is 51.6 Å². The van der Waals surface area contributed by atoms with Gasteiger partial charge in [0.05, 0.1) is 11.8 Å². The second-order valence-corrected chi connectivity index (χ2v) is 13.2. The number of benzene rings is 2. The number of nitrogens with zero attached hydrogens (tertiary/aromatic N) is 1. The van der Waals surface area contributed by atoms with E-state index >= 15 is 0 Å². The highest BCUT2D eigenvalue weighted by molar-refractivity contribution is 9.10. The Bertz CT molecular complexity index is 1760. The SMILES string of the molecule is CC(C)OC(=O)c1c(-c2ccc(Br)cc2)csc1NC(=O)c1sc2nc3c(cc2c1N)CC(c1ccccc1)CC3. The van der Waals surface area contributed by atoms with Gasteiger partial charge in [-0.2, -0.15) is 0 Å². The van der Waals surface area contributed by atoms with Crippen molar-refractivity contribution in [2.45, 2.75) is 45.1 Å². The molecule has 5 aromatic rings. The molecule has 1 aliphatic carbocycles. The number of aryl methyl sites for hydroxylation is 1. The Hall–Kier alpha value is -3.53. The van der Waals surface area contributed by atoms with Crippen molar-refractivity contribution < 1.29 is 14.3 Å². The molecule has 3 heterocycles. The van der Waals surface area contributed by atoms with Gasteiger partial charge in [0.2, 0.25) is 0 Å². The summed E-state index contributed by atoms with van der Waals surface area (Å²) in [6.45, 7) is 3.60. The van der Waals surface area contributed by atoms with Gasteiger partial charge in [0, 0.05) is 26.5 Å². The van der Waals surface area contributed by atoms with E-state index in [1.165, 1.54) is 33.8 Å². The number of esters is 1. The minimum atomic E-state index is -0.485. The van der Waals surface area contributed by atoms with Crippen LogP contribution < -0.4 is 11.1 Å². The predicted molar refractivity (Wildman–Crippen MR) is 171 cm³/mol. The second kappa shape index (κ2) is 11.4. The first-order chi connectivity index (χ1) is 19.8. The molecule has 0 aliphatic heterocycles. The van der Waals surface area contributed by atoms with E-state index in [1.54, 1.807) is 13.8 Å². The Morgan fingerprint density at radius 3 is 2.61 bits per heavy atom. The zero-order valence-electron chi connectivity index (χ0n) is 22.6. The number of amides is 1. The summed E-state index contributed by atoms with van der Waals surface area (Å²) in [5.41, 5.74) is 12.5. The fourth-order valence-electron chi connectivity index (χ4n) is 5.30. The summed E-state index contributed by atoms with van der Waals surface area (Å²) >= 11 is 6.03. The second-order valence-electron chi connectivity index (χ2n) is 10.4. The number of nitrogens with one attached hydrogen (secondary N) is 1. The van der Waals surface area contributed by atoms with Crippen molar-refractivity contribution >= 4 is 71.4 Å². The average Bonchev–Trinajstić information content (AvgIpc) is 3.52. The first kappa shape index (κ1) is 27.6. The zero-order chi connectivity index (χ0) is 28.7. The van der Waals surface area contributed by atoms with Crippen LogP contribution in [0.5, 0.6) is 0 Å². The number of fused-ring (bicyclic) bond motifs is 2. The lowest BCUT2D eigenvalue weighted by molar-refractivity contribution is 0.0380. The maximum absolute atomic E-state index is 13.6. The molecule has 6 rings (SSSR count). The third kappa shape index (κ3) is 5.54. The lowest BCUT2D eigenvalue weighted by Gasteiger charge is -2.24. The van der Waals surface area contributed by atoms with E-state index in [9.17, 15) is 9.59 Å². The minimum Gasteiger partial charge on any atom is -0.459 e. The smallest absolute Gasteiger partial charge is 0.342 e. The molecule has 0 saturated heterocycles. The highest BCUT2D eigenvalue weighted by atomic mass is 79.9. The van der Waals surface area contributed by atoms with Crippen LogP contribution in [0.3, 0.4) is 0 Å². The lowest BCUT2D eigenvalue weighted by Crippen LogP contribution is -2.16. The number of ether oxygens (including phenoxy) is 1. The fraction of sp³-hybridized carbons (Fsp3) is 0.219. The van der Waals surface area contributed by atoms with Gasteiger partial charge in [-0.25, -0.2) is 9.78 Å². The molecular weight excluding hydrogens is 618 g/mol. The number of pyridine rings is 1. The van der Waals surface area contributed by atoms with Gasteiger partial charge in [-0.3, -0.25) is 4.79 Å². The topological polar surface area (TPSA) is 94.3 Å².